The van der Waals surface area contributed by atoms with Crippen molar-refractivity contribution in [2.24, 2.45) is 0 Å². The molecule has 0 amide bonds. The third-order valence-electron chi connectivity index (χ3n) is 3.06. The van der Waals surface area contributed by atoms with Gasteiger partial charge in [-0.1, -0.05) is 34.7 Å². The normalized spacial score (nSPS) is 15.0. The second-order valence-electron chi connectivity index (χ2n) is 4.91. The van der Waals surface area contributed by atoms with Gasteiger partial charge in [-0.3, -0.25) is 0 Å². The maximum Gasteiger partial charge on any atom is 0.206 e. The number of anilines is 1. The molecule has 1 aliphatic rings. The fourth-order valence-corrected chi connectivity index (χ4v) is 5.40. The van der Waals surface area contributed by atoms with E-state index in [2.05, 4.69) is 15.5 Å². The van der Waals surface area contributed by atoms with Crippen LogP contribution in [0.4, 0.5) is 5.13 Å². The topological polar surface area (TPSA) is 72.0 Å². The van der Waals surface area contributed by atoms with Crippen LogP contribution in [0, 0.1) is 0 Å². The first-order valence-electron chi connectivity index (χ1n) is 6.74. The standard InChI is InChI=1S/C13H14ClN3O2S3/c14-9-1-5-11(6-2-9)22(18,19)8-7-20-13-17-16-12(21-13)15-10-3-4-10/h1-2,5-6,10H,3-4,7-8H2,(H,15,16). The molecular weight excluding hydrogens is 362 g/mol. The molecule has 1 N–H and O–H groups in total. The molecule has 2 aromatic rings. The molecule has 0 unspecified atom stereocenters. The molecular formula is C13H14ClN3O2S3. The minimum atomic E-state index is -3.29. The number of nitrogens with one attached hydrogen (secondary N) is 1. The van der Waals surface area contributed by atoms with Crippen LogP contribution >= 0.6 is 34.7 Å². The number of nitrogens with zero attached hydrogens (tertiary/aromatic N) is 2. The Hall–Kier alpha value is -0.830. The summed E-state index contributed by atoms with van der Waals surface area (Å²) in [4.78, 5) is 0.297. The number of sulfone groups is 1. The Labute approximate surface area is 142 Å². The third-order valence-corrected chi connectivity index (χ3v) is 7.29. The van der Waals surface area contributed by atoms with E-state index in [0.717, 1.165) is 9.47 Å². The van der Waals surface area contributed by atoms with Crippen molar-refractivity contribution in [2.75, 3.05) is 16.8 Å². The number of hydrogen-bond acceptors (Lipinski definition) is 7. The van der Waals surface area contributed by atoms with Gasteiger partial charge in [0.2, 0.25) is 5.13 Å². The van der Waals surface area contributed by atoms with Gasteiger partial charge in [0.15, 0.2) is 14.2 Å². The molecule has 1 heterocycles. The Balaban J connectivity index is 1.53. The summed E-state index contributed by atoms with van der Waals surface area (Å²) in [7, 11) is -3.29. The van der Waals surface area contributed by atoms with Crippen molar-refractivity contribution in [1.29, 1.82) is 0 Å². The monoisotopic (exact) mass is 375 g/mol. The Morgan fingerprint density at radius 2 is 2.00 bits per heavy atom. The molecule has 1 aromatic carbocycles. The van der Waals surface area contributed by atoms with Gasteiger partial charge in [0.25, 0.3) is 0 Å². The molecule has 1 saturated carbocycles. The number of rotatable bonds is 7. The van der Waals surface area contributed by atoms with Crippen molar-refractivity contribution in [3.63, 3.8) is 0 Å². The summed E-state index contributed by atoms with van der Waals surface area (Å²) in [6.07, 6.45) is 2.36. The van der Waals surface area contributed by atoms with E-state index >= 15 is 0 Å². The van der Waals surface area contributed by atoms with E-state index in [-0.39, 0.29) is 5.75 Å². The number of benzene rings is 1. The van der Waals surface area contributed by atoms with E-state index < -0.39 is 9.84 Å². The summed E-state index contributed by atoms with van der Waals surface area (Å²) >= 11 is 8.65. The van der Waals surface area contributed by atoms with Crippen LogP contribution in [-0.4, -0.2) is 36.2 Å². The molecule has 0 aliphatic heterocycles. The minimum absolute atomic E-state index is 0.0598. The molecule has 1 aromatic heterocycles. The first-order valence-corrected chi connectivity index (χ1v) is 10.6. The van der Waals surface area contributed by atoms with Gasteiger partial charge in [0.1, 0.15) is 0 Å². The molecule has 1 aliphatic carbocycles. The van der Waals surface area contributed by atoms with Crippen LogP contribution in [0.5, 0.6) is 0 Å². The third kappa shape index (κ3) is 4.34. The molecule has 0 saturated heterocycles. The fourth-order valence-electron chi connectivity index (χ4n) is 1.73. The maximum atomic E-state index is 12.2. The number of aromatic nitrogens is 2. The summed E-state index contributed by atoms with van der Waals surface area (Å²) < 4.78 is 25.2. The molecule has 9 heteroatoms. The predicted octanol–water partition coefficient (Wildman–Crippen LogP) is 3.33. The zero-order valence-corrected chi connectivity index (χ0v) is 14.7. The largest absolute Gasteiger partial charge is 0.357 e. The molecule has 5 nitrogen and oxygen atoms in total. The van der Waals surface area contributed by atoms with E-state index in [1.165, 1.54) is 48.1 Å². The predicted molar refractivity (Wildman–Crippen MR) is 90.8 cm³/mol. The zero-order valence-electron chi connectivity index (χ0n) is 11.5. The number of halogens is 1. The summed E-state index contributed by atoms with van der Waals surface area (Å²) in [5.41, 5.74) is 0. The van der Waals surface area contributed by atoms with Crippen molar-refractivity contribution >= 4 is 49.7 Å². The first-order chi connectivity index (χ1) is 10.5. The maximum absolute atomic E-state index is 12.2. The highest BCUT2D eigenvalue weighted by molar-refractivity contribution is 8.02. The lowest BCUT2D eigenvalue weighted by molar-refractivity contribution is 0.597. The Morgan fingerprint density at radius 1 is 1.27 bits per heavy atom. The van der Waals surface area contributed by atoms with Crippen molar-refractivity contribution in [2.45, 2.75) is 28.1 Å². The lowest BCUT2D eigenvalue weighted by Gasteiger charge is -2.03. The lowest BCUT2D eigenvalue weighted by atomic mass is 10.4. The van der Waals surface area contributed by atoms with Crippen LogP contribution in [0.3, 0.4) is 0 Å². The Kier molecular flexibility index (Phi) is 4.91. The van der Waals surface area contributed by atoms with Gasteiger partial charge in [-0.15, -0.1) is 10.2 Å². The second kappa shape index (κ2) is 6.74. The summed E-state index contributed by atoms with van der Waals surface area (Å²) in [6, 6.07) is 6.77. The van der Waals surface area contributed by atoms with Crippen molar-refractivity contribution in [3.05, 3.63) is 29.3 Å². The summed E-state index contributed by atoms with van der Waals surface area (Å²) in [6.45, 7) is 0. The SMILES string of the molecule is O=S(=O)(CCSc1nnc(NC2CC2)s1)c1ccc(Cl)cc1. The highest BCUT2D eigenvalue weighted by Crippen LogP contribution is 2.30. The molecule has 0 atom stereocenters. The molecule has 0 bridgehead atoms. The van der Waals surface area contributed by atoms with Crippen molar-refractivity contribution in [3.8, 4) is 0 Å². The van der Waals surface area contributed by atoms with Gasteiger partial charge in [0, 0.05) is 16.8 Å². The van der Waals surface area contributed by atoms with Crippen molar-refractivity contribution < 1.29 is 8.42 Å². The highest BCUT2D eigenvalue weighted by Gasteiger charge is 2.22. The molecule has 1 fully saturated rings. The highest BCUT2D eigenvalue weighted by atomic mass is 35.5. The van der Waals surface area contributed by atoms with Crippen LogP contribution in [-0.2, 0) is 9.84 Å². The van der Waals surface area contributed by atoms with E-state index in [9.17, 15) is 8.42 Å². The van der Waals surface area contributed by atoms with Gasteiger partial charge >= 0.3 is 0 Å². The average molecular weight is 376 g/mol. The van der Waals surface area contributed by atoms with Gasteiger partial charge in [-0.2, -0.15) is 0 Å². The second-order valence-corrected chi connectivity index (χ2v) is 9.78. The van der Waals surface area contributed by atoms with Crippen molar-refractivity contribution in [1.82, 2.24) is 10.2 Å². The minimum Gasteiger partial charge on any atom is -0.357 e. The Bertz CT molecular complexity index is 742. The molecule has 0 spiro atoms. The van der Waals surface area contributed by atoms with Gasteiger partial charge in [0.05, 0.1) is 10.6 Å². The van der Waals surface area contributed by atoms with Crippen LogP contribution in [0.2, 0.25) is 5.02 Å². The zero-order chi connectivity index (χ0) is 15.6. The fraction of sp³-hybridized carbons (Fsp3) is 0.385. The van der Waals surface area contributed by atoms with Gasteiger partial charge in [-0.05, 0) is 37.1 Å². The van der Waals surface area contributed by atoms with E-state index in [4.69, 9.17) is 11.6 Å². The molecule has 0 radical (unpaired) electrons. The number of hydrogen-bond donors (Lipinski definition) is 1. The van der Waals surface area contributed by atoms with E-state index in [1.807, 2.05) is 0 Å². The lowest BCUT2D eigenvalue weighted by Crippen LogP contribution is -2.08. The summed E-state index contributed by atoms with van der Waals surface area (Å²) in [5.74, 6) is 0.507. The van der Waals surface area contributed by atoms with Crippen LogP contribution in [0.25, 0.3) is 0 Å². The van der Waals surface area contributed by atoms with Crippen LogP contribution in [0.1, 0.15) is 12.8 Å². The smallest absolute Gasteiger partial charge is 0.206 e. The number of thioether (sulfide) groups is 1. The van der Waals surface area contributed by atoms with Gasteiger partial charge in [-0.25, -0.2) is 8.42 Å². The van der Waals surface area contributed by atoms with E-state index in [0.29, 0.717) is 21.7 Å². The van der Waals surface area contributed by atoms with Crippen LogP contribution < -0.4 is 5.32 Å². The Morgan fingerprint density at radius 3 is 2.68 bits per heavy atom. The molecule has 3 rings (SSSR count). The molecule has 22 heavy (non-hydrogen) atoms. The quantitative estimate of drug-likeness (QED) is 0.748. The molecule has 118 valence electrons. The average Bonchev–Trinajstić information content (AvgIpc) is 3.17. The van der Waals surface area contributed by atoms with Crippen LogP contribution in [0.15, 0.2) is 33.5 Å². The first kappa shape index (κ1) is 16.0. The summed E-state index contributed by atoms with van der Waals surface area (Å²) in [5, 5.41) is 12.7. The van der Waals surface area contributed by atoms with E-state index in [1.54, 1.807) is 12.1 Å². The van der Waals surface area contributed by atoms with Gasteiger partial charge < -0.3 is 5.32 Å².